The van der Waals surface area contributed by atoms with Gasteiger partial charge in [-0.3, -0.25) is 5.32 Å². The van der Waals surface area contributed by atoms with Gasteiger partial charge in [0.1, 0.15) is 5.54 Å². The molecule has 1 aliphatic heterocycles. The molecular weight excluding hydrogens is 242 g/mol. The Labute approximate surface area is 117 Å². The summed E-state index contributed by atoms with van der Waals surface area (Å²) in [7, 11) is 0. The van der Waals surface area contributed by atoms with Crippen molar-refractivity contribution in [2.24, 2.45) is 0 Å². The van der Waals surface area contributed by atoms with Gasteiger partial charge in [0, 0.05) is 12.5 Å². The predicted molar refractivity (Wildman–Crippen MR) is 76.1 cm³/mol. The first-order valence-electron chi connectivity index (χ1n) is 7.25. The molecule has 0 bridgehead atoms. The van der Waals surface area contributed by atoms with Crippen LogP contribution in [-0.2, 0) is 14.3 Å². The van der Waals surface area contributed by atoms with E-state index in [0.717, 1.165) is 6.42 Å². The van der Waals surface area contributed by atoms with E-state index < -0.39 is 11.1 Å². The molecule has 0 aromatic carbocycles. The van der Waals surface area contributed by atoms with Crippen molar-refractivity contribution in [1.82, 2.24) is 5.32 Å². The molecule has 2 atom stereocenters. The van der Waals surface area contributed by atoms with Crippen molar-refractivity contribution < 1.29 is 14.3 Å². The number of ether oxygens (including phenoxy) is 2. The highest BCUT2D eigenvalue weighted by molar-refractivity contribution is 5.83. The van der Waals surface area contributed by atoms with Crippen LogP contribution in [0.25, 0.3) is 0 Å². The van der Waals surface area contributed by atoms with Gasteiger partial charge in [0.25, 0.3) is 0 Å². The van der Waals surface area contributed by atoms with Crippen LogP contribution in [0.3, 0.4) is 0 Å². The topological polar surface area (TPSA) is 47.6 Å². The number of rotatable bonds is 5. The second-order valence-corrected chi connectivity index (χ2v) is 6.63. The van der Waals surface area contributed by atoms with E-state index in [1.165, 1.54) is 0 Å². The lowest BCUT2D eigenvalue weighted by Gasteiger charge is -2.40. The molecule has 0 radical (unpaired) electrons. The van der Waals surface area contributed by atoms with Crippen molar-refractivity contribution in [2.45, 2.75) is 84.1 Å². The molecule has 1 saturated heterocycles. The Morgan fingerprint density at radius 3 is 2.26 bits per heavy atom. The first-order valence-corrected chi connectivity index (χ1v) is 7.25. The maximum Gasteiger partial charge on any atom is 0.329 e. The molecule has 0 aliphatic carbocycles. The van der Waals surface area contributed by atoms with E-state index in [-0.39, 0.29) is 17.6 Å². The molecule has 4 heteroatoms. The van der Waals surface area contributed by atoms with E-state index in [1.54, 1.807) is 0 Å². The van der Waals surface area contributed by atoms with Gasteiger partial charge in [-0.2, -0.15) is 0 Å². The summed E-state index contributed by atoms with van der Waals surface area (Å²) in [5.41, 5.74) is -1.70. The fraction of sp³-hybridized carbons (Fsp3) is 0.933. The molecule has 2 unspecified atom stereocenters. The average Bonchev–Trinajstić information content (AvgIpc) is 2.44. The van der Waals surface area contributed by atoms with Gasteiger partial charge >= 0.3 is 5.97 Å². The molecule has 1 fully saturated rings. The van der Waals surface area contributed by atoms with Crippen molar-refractivity contribution in [3.63, 3.8) is 0 Å². The number of esters is 1. The minimum atomic E-state index is -0.776. The Bertz CT molecular complexity index is 338. The summed E-state index contributed by atoms with van der Waals surface area (Å²) in [4.78, 5) is 12.6. The van der Waals surface area contributed by atoms with Crippen LogP contribution in [0, 0.1) is 0 Å². The minimum Gasteiger partial charge on any atom is -0.465 e. The molecule has 0 spiro atoms. The van der Waals surface area contributed by atoms with Crippen molar-refractivity contribution >= 4 is 5.97 Å². The van der Waals surface area contributed by atoms with Crippen LogP contribution in [0.2, 0.25) is 0 Å². The van der Waals surface area contributed by atoms with Crippen molar-refractivity contribution in [1.29, 1.82) is 0 Å². The summed E-state index contributed by atoms with van der Waals surface area (Å²) in [6, 6.07) is 0.237. The van der Waals surface area contributed by atoms with Crippen molar-refractivity contribution in [2.75, 3.05) is 6.61 Å². The van der Waals surface area contributed by atoms with Crippen LogP contribution >= 0.6 is 0 Å². The Kier molecular flexibility index (Phi) is 4.68. The Morgan fingerprint density at radius 1 is 1.32 bits per heavy atom. The van der Waals surface area contributed by atoms with Crippen molar-refractivity contribution in [3.8, 4) is 0 Å². The number of nitrogens with one attached hydrogen (secondary N) is 1. The van der Waals surface area contributed by atoms with Gasteiger partial charge in [0.05, 0.1) is 17.8 Å². The van der Waals surface area contributed by atoms with Gasteiger partial charge in [-0.05, 0) is 48.0 Å². The molecule has 0 amide bonds. The minimum absolute atomic E-state index is 0.203. The van der Waals surface area contributed by atoms with Gasteiger partial charge < -0.3 is 9.47 Å². The summed E-state index contributed by atoms with van der Waals surface area (Å²) in [6.07, 6.45) is 1.58. The molecule has 112 valence electrons. The molecule has 1 rings (SSSR count). The predicted octanol–water partition coefficient (Wildman–Crippen LogP) is 2.65. The first kappa shape index (κ1) is 16.4. The largest absolute Gasteiger partial charge is 0.465 e. The quantitative estimate of drug-likeness (QED) is 0.781. The lowest BCUT2D eigenvalue weighted by Crippen LogP contribution is -2.65. The average molecular weight is 271 g/mol. The molecule has 4 nitrogen and oxygen atoms in total. The highest BCUT2D eigenvalue weighted by Gasteiger charge is 2.62. The third-order valence-corrected chi connectivity index (χ3v) is 3.98. The summed E-state index contributed by atoms with van der Waals surface area (Å²) in [5, 5.41) is 3.47. The third-order valence-electron chi connectivity index (χ3n) is 3.98. The second kappa shape index (κ2) is 5.41. The fourth-order valence-electron chi connectivity index (χ4n) is 3.04. The van der Waals surface area contributed by atoms with Gasteiger partial charge in [0.15, 0.2) is 0 Å². The highest BCUT2D eigenvalue weighted by atomic mass is 16.6. The lowest BCUT2D eigenvalue weighted by molar-refractivity contribution is -0.160. The standard InChI is InChI=1S/C15H29NO3/c1-8-11(3)16-15(12(17)18-9-2)10-13(4,5)19-14(15,6)7/h11,16H,8-10H2,1-7H3. The Morgan fingerprint density at radius 2 is 1.89 bits per heavy atom. The maximum atomic E-state index is 12.6. The SMILES string of the molecule is CCOC(=O)C1(NC(C)CC)CC(C)(C)OC1(C)C. The number of hydrogen-bond donors (Lipinski definition) is 1. The van der Waals surface area contributed by atoms with Crippen LogP contribution in [0.1, 0.15) is 61.3 Å². The zero-order valence-corrected chi connectivity index (χ0v) is 13.4. The van der Waals surface area contributed by atoms with Crippen LogP contribution in [-0.4, -0.2) is 35.4 Å². The van der Waals surface area contributed by atoms with Crippen LogP contribution < -0.4 is 5.32 Å². The molecule has 19 heavy (non-hydrogen) atoms. The van der Waals surface area contributed by atoms with E-state index >= 15 is 0 Å². The second-order valence-electron chi connectivity index (χ2n) is 6.63. The van der Waals surface area contributed by atoms with Gasteiger partial charge in [-0.1, -0.05) is 6.92 Å². The van der Waals surface area contributed by atoms with Crippen molar-refractivity contribution in [3.05, 3.63) is 0 Å². The summed E-state index contributed by atoms with van der Waals surface area (Å²) in [6.45, 7) is 14.4. The van der Waals surface area contributed by atoms with E-state index in [2.05, 4.69) is 19.2 Å². The molecule has 1 heterocycles. The molecule has 0 aromatic rings. The van der Waals surface area contributed by atoms with Gasteiger partial charge in [-0.25, -0.2) is 4.79 Å². The number of hydrogen-bond acceptors (Lipinski definition) is 4. The zero-order chi connectivity index (χ0) is 14.9. The molecule has 0 saturated carbocycles. The fourth-order valence-corrected chi connectivity index (χ4v) is 3.04. The monoisotopic (exact) mass is 271 g/mol. The van der Waals surface area contributed by atoms with Gasteiger partial charge in [0.2, 0.25) is 0 Å². The van der Waals surface area contributed by atoms with E-state index in [0.29, 0.717) is 13.0 Å². The highest BCUT2D eigenvalue weighted by Crippen LogP contribution is 2.46. The van der Waals surface area contributed by atoms with Crippen LogP contribution in [0.4, 0.5) is 0 Å². The maximum absolute atomic E-state index is 12.6. The van der Waals surface area contributed by atoms with Crippen LogP contribution in [0.15, 0.2) is 0 Å². The zero-order valence-electron chi connectivity index (χ0n) is 13.4. The van der Waals surface area contributed by atoms with Gasteiger partial charge in [-0.15, -0.1) is 0 Å². The molecule has 0 aromatic heterocycles. The summed E-state index contributed by atoms with van der Waals surface area (Å²) < 4.78 is 11.4. The molecule has 1 aliphatic rings. The Balaban J connectivity index is 3.15. The first-order chi connectivity index (χ1) is 8.60. The Hall–Kier alpha value is -0.610. The molecule has 1 N–H and O–H groups in total. The normalized spacial score (nSPS) is 30.1. The third kappa shape index (κ3) is 3.11. The van der Waals surface area contributed by atoms with Crippen LogP contribution in [0.5, 0.6) is 0 Å². The van der Waals surface area contributed by atoms with E-state index in [4.69, 9.17) is 9.47 Å². The van der Waals surface area contributed by atoms with E-state index in [9.17, 15) is 4.79 Å². The summed E-state index contributed by atoms with van der Waals surface area (Å²) >= 11 is 0. The summed E-state index contributed by atoms with van der Waals surface area (Å²) in [5.74, 6) is -0.203. The van der Waals surface area contributed by atoms with E-state index in [1.807, 2.05) is 34.6 Å². The smallest absolute Gasteiger partial charge is 0.329 e. The lowest BCUT2D eigenvalue weighted by atomic mass is 9.78. The number of carbonyl (C=O) groups is 1. The molecular formula is C15H29NO3. The number of carbonyl (C=O) groups excluding carboxylic acids is 1.